The molecule has 3 N–H and O–H groups in total. The van der Waals surface area contributed by atoms with Gasteiger partial charge in [-0.1, -0.05) is 54.6 Å². The predicted octanol–water partition coefficient (Wildman–Crippen LogP) is 1.70. The van der Waals surface area contributed by atoms with Gasteiger partial charge in [-0.3, -0.25) is 25.2 Å². The van der Waals surface area contributed by atoms with Gasteiger partial charge in [0.2, 0.25) is 10.0 Å². The average Bonchev–Trinajstić information content (AvgIpc) is 2.87. The zero-order valence-corrected chi connectivity index (χ0v) is 19.2. The van der Waals surface area contributed by atoms with E-state index in [-0.39, 0.29) is 29.5 Å². The van der Waals surface area contributed by atoms with Crippen molar-refractivity contribution in [2.75, 3.05) is 13.6 Å². The van der Waals surface area contributed by atoms with Crippen LogP contribution in [0.2, 0.25) is 0 Å². The molecule has 0 fully saturated rings. The van der Waals surface area contributed by atoms with E-state index in [2.05, 4.69) is 15.6 Å². The minimum Gasteiger partial charge on any atom is -0.332 e. The van der Waals surface area contributed by atoms with Crippen LogP contribution in [0.3, 0.4) is 0 Å². The summed E-state index contributed by atoms with van der Waals surface area (Å²) in [6.45, 7) is -0.184. The van der Waals surface area contributed by atoms with E-state index >= 15 is 0 Å². The first-order valence-corrected chi connectivity index (χ1v) is 11.8. The zero-order valence-electron chi connectivity index (χ0n) is 18.4. The van der Waals surface area contributed by atoms with Crippen molar-refractivity contribution >= 4 is 27.7 Å². The van der Waals surface area contributed by atoms with Crippen molar-refractivity contribution in [3.63, 3.8) is 0 Å². The molecule has 0 unspecified atom stereocenters. The second-order valence-corrected chi connectivity index (χ2v) is 9.13. The van der Waals surface area contributed by atoms with E-state index in [9.17, 15) is 22.8 Å². The maximum absolute atomic E-state index is 12.6. The quantitative estimate of drug-likeness (QED) is 0.423. The van der Waals surface area contributed by atoms with Gasteiger partial charge in [-0.2, -0.15) is 0 Å². The van der Waals surface area contributed by atoms with Gasteiger partial charge in [-0.25, -0.2) is 13.1 Å². The molecule has 0 aliphatic carbocycles. The van der Waals surface area contributed by atoms with Crippen molar-refractivity contribution < 1.29 is 22.8 Å². The number of benzene rings is 3. The zero-order chi connectivity index (χ0) is 24.6. The Morgan fingerprint density at radius 3 is 2.09 bits per heavy atom. The molecule has 34 heavy (non-hydrogen) atoms. The lowest BCUT2D eigenvalue weighted by molar-refractivity contribution is -0.122. The SMILES string of the molecule is CN(CC(=O)NNC(=O)c1cccc(S(=O)(=O)NCc2ccccc2)c1)C(=O)c1ccccc1. The van der Waals surface area contributed by atoms with Gasteiger partial charge in [-0.05, 0) is 35.9 Å². The fraction of sp³-hybridized carbons (Fsp3) is 0.125. The Bertz CT molecular complexity index is 1260. The number of nitrogens with one attached hydrogen (secondary N) is 3. The number of hydrogen-bond donors (Lipinski definition) is 3. The smallest absolute Gasteiger partial charge is 0.269 e. The molecule has 3 aromatic carbocycles. The molecule has 0 atom stereocenters. The summed E-state index contributed by atoms with van der Waals surface area (Å²) in [4.78, 5) is 38.0. The van der Waals surface area contributed by atoms with E-state index in [0.29, 0.717) is 5.56 Å². The second kappa shape index (κ2) is 11.2. The Morgan fingerprint density at radius 2 is 1.41 bits per heavy atom. The number of hydrazine groups is 1. The molecule has 0 heterocycles. The van der Waals surface area contributed by atoms with E-state index in [0.717, 1.165) is 5.56 Å². The molecule has 0 aliphatic heterocycles. The predicted molar refractivity (Wildman–Crippen MR) is 126 cm³/mol. The Morgan fingerprint density at radius 1 is 0.794 bits per heavy atom. The third-order valence-corrected chi connectivity index (χ3v) is 6.18. The first-order chi connectivity index (χ1) is 16.3. The fourth-order valence-electron chi connectivity index (χ4n) is 2.99. The second-order valence-electron chi connectivity index (χ2n) is 7.37. The third-order valence-electron chi connectivity index (χ3n) is 4.78. The monoisotopic (exact) mass is 480 g/mol. The molecule has 3 rings (SSSR count). The maximum atomic E-state index is 12.6. The van der Waals surface area contributed by atoms with E-state index in [1.54, 1.807) is 54.6 Å². The van der Waals surface area contributed by atoms with Crippen LogP contribution in [-0.2, 0) is 21.4 Å². The summed E-state index contributed by atoms with van der Waals surface area (Å²) in [7, 11) is -2.39. The third kappa shape index (κ3) is 6.74. The number of sulfonamides is 1. The van der Waals surface area contributed by atoms with Gasteiger partial charge in [0.15, 0.2) is 0 Å². The number of amides is 3. The lowest BCUT2D eigenvalue weighted by Gasteiger charge is -2.17. The van der Waals surface area contributed by atoms with Crippen molar-refractivity contribution in [2.24, 2.45) is 0 Å². The molecule has 0 spiro atoms. The fourth-order valence-corrected chi connectivity index (χ4v) is 4.05. The topological polar surface area (TPSA) is 125 Å². The molecule has 0 bridgehead atoms. The van der Waals surface area contributed by atoms with Gasteiger partial charge >= 0.3 is 0 Å². The summed E-state index contributed by atoms with van der Waals surface area (Å²) in [5.74, 6) is -1.66. The van der Waals surface area contributed by atoms with Crippen LogP contribution < -0.4 is 15.6 Å². The molecular formula is C24H24N4O5S. The molecule has 10 heteroatoms. The van der Waals surface area contributed by atoms with Crippen LogP contribution in [0.1, 0.15) is 26.3 Å². The number of carbonyl (C=O) groups is 3. The lowest BCUT2D eigenvalue weighted by atomic mass is 10.2. The molecule has 0 aromatic heterocycles. The largest absolute Gasteiger partial charge is 0.332 e. The standard InChI is InChI=1S/C24H24N4O5S/c1-28(24(31)19-11-6-3-7-12-19)17-22(29)26-27-23(30)20-13-8-14-21(15-20)34(32,33)25-16-18-9-4-2-5-10-18/h2-15,25H,16-17H2,1H3,(H,26,29)(H,27,30). The van der Waals surface area contributed by atoms with Crippen LogP contribution >= 0.6 is 0 Å². The van der Waals surface area contributed by atoms with Crippen LogP contribution in [0.4, 0.5) is 0 Å². The highest BCUT2D eigenvalue weighted by molar-refractivity contribution is 7.89. The van der Waals surface area contributed by atoms with Gasteiger partial charge in [0.05, 0.1) is 4.90 Å². The molecule has 0 radical (unpaired) electrons. The van der Waals surface area contributed by atoms with Crippen molar-refractivity contribution in [3.05, 3.63) is 102 Å². The molecule has 0 saturated heterocycles. The normalized spacial score (nSPS) is 10.9. The van der Waals surface area contributed by atoms with E-state index in [4.69, 9.17) is 0 Å². The minimum atomic E-state index is -3.86. The van der Waals surface area contributed by atoms with Crippen LogP contribution in [0, 0.1) is 0 Å². The van der Waals surface area contributed by atoms with Crippen molar-refractivity contribution in [2.45, 2.75) is 11.4 Å². The Kier molecular flexibility index (Phi) is 8.12. The summed E-state index contributed by atoms with van der Waals surface area (Å²) < 4.78 is 27.7. The Balaban J connectivity index is 1.55. The number of likely N-dealkylation sites (N-methyl/N-ethyl adjacent to an activating group) is 1. The molecule has 0 aliphatic rings. The number of hydrogen-bond acceptors (Lipinski definition) is 5. The van der Waals surface area contributed by atoms with Gasteiger partial charge < -0.3 is 4.90 Å². The van der Waals surface area contributed by atoms with Crippen molar-refractivity contribution in [1.29, 1.82) is 0 Å². The van der Waals surface area contributed by atoms with E-state index < -0.39 is 21.8 Å². The summed E-state index contributed by atoms with van der Waals surface area (Å²) in [6, 6.07) is 22.9. The van der Waals surface area contributed by atoms with Crippen LogP contribution in [0.5, 0.6) is 0 Å². The summed E-state index contributed by atoms with van der Waals surface area (Å²) >= 11 is 0. The van der Waals surface area contributed by atoms with Gasteiger partial charge in [0, 0.05) is 24.7 Å². The lowest BCUT2D eigenvalue weighted by Crippen LogP contribution is -2.46. The van der Waals surface area contributed by atoms with E-state index in [1.807, 2.05) is 6.07 Å². The highest BCUT2D eigenvalue weighted by atomic mass is 32.2. The summed E-state index contributed by atoms with van der Waals surface area (Å²) in [5, 5.41) is 0. The van der Waals surface area contributed by atoms with Gasteiger partial charge in [0.1, 0.15) is 6.54 Å². The molecule has 9 nitrogen and oxygen atoms in total. The van der Waals surface area contributed by atoms with Crippen LogP contribution in [0.15, 0.2) is 89.8 Å². The Hall–Kier alpha value is -4.02. The highest BCUT2D eigenvalue weighted by Crippen LogP contribution is 2.12. The number of carbonyl (C=O) groups excluding carboxylic acids is 3. The summed E-state index contributed by atoms with van der Waals surface area (Å²) in [6.07, 6.45) is 0. The van der Waals surface area contributed by atoms with Crippen LogP contribution in [0.25, 0.3) is 0 Å². The molecule has 3 aromatic rings. The van der Waals surface area contributed by atoms with Crippen molar-refractivity contribution in [1.82, 2.24) is 20.5 Å². The van der Waals surface area contributed by atoms with Crippen molar-refractivity contribution in [3.8, 4) is 0 Å². The molecule has 3 amide bonds. The average molecular weight is 481 g/mol. The molecular weight excluding hydrogens is 456 g/mol. The Labute approximate surface area is 197 Å². The highest BCUT2D eigenvalue weighted by Gasteiger charge is 2.18. The molecule has 0 saturated carbocycles. The number of nitrogens with zero attached hydrogens (tertiary/aromatic N) is 1. The van der Waals surface area contributed by atoms with Gasteiger partial charge in [0.25, 0.3) is 17.7 Å². The maximum Gasteiger partial charge on any atom is 0.269 e. The van der Waals surface area contributed by atoms with E-state index in [1.165, 1.54) is 36.2 Å². The first-order valence-electron chi connectivity index (χ1n) is 10.3. The van der Waals surface area contributed by atoms with Gasteiger partial charge in [-0.15, -0.1) is 0 Å². The van der Waals surface area contributed by atoms with Crippen LogP contribution in [-0.4, -0.2) is 44.6 Å². The minimum absolute atomic E-state index is 0.0385. The first kappa shape index (κ1) is 24.6. The number of rotatable bonds is 8. The summed E-state index contributed by atoms with van der Waals surface area (Å²) in [5.41, 5.74) is 5.71. The molecule has 176 valence electrons.